The van der Waals surface area contributed by atoms with E-state index in [0.29, 0.717) is 0 Å². The summed E-state index contributed by atoms with van der Waals surface area (Å²) in [6, 6.07) is 4.12. The first-order valence-corrected chi connectivity index (χ1v) is 6.39. The second-order valence-electron chi connectivity index (χ2n) is 5.56. The molecule has 1 aliphatic heterocycles. The van der Waals surface area contributed by atoms with Crippen molar-refractivity contribution in [2.45, 2.75) is 32.7 Å². The molecule has 1 aromatic heterocycles. The Morgan fingerprint density at radius 2 is 2.06 bits per heavy atom. The summed E-state index contributed by atoms with van der Waals surface area (Å²) in [7, 11) is 0. The number of aromatic amines is 1. The van der Waals surface area contributed by atoms with Crippen LogP contribution in [0.25, 0.3) is 10.9 Å². The van der Waals surface area contributed by atoms with Gasteiger partial charge in [0.2, 0.25) is 0 Å². The number of aromatic nitrogens is 1. The van der Waals surface area contributed by atoms with Gasteiger partial charge < -0.3 is 10.3 Å². The molecule has 2 aromatic rings. The van der Waals surface area contributed by atoms with Crippen LogP contribution in [0.1, 0.15) is 30.7 Å². The van der Waals surface area contributed by atoms with Gasteiger partial charge in [-0.05, 0) is 24.1 Å². The van der Waals surface area contributed by atoms with Gasteiger partial charge in [0.1, 0.15) is 0 Å². The van der Waals surface area contributed by atoms with Crippen molar-refractivity contribution in [1.82, 2.24) is 10.3 Å². The van der Waals surface area contributed by atoms with Crippen LogP contribution in [0, 0.1) is 6.92 Å². The van der Waals surface area contributed by atoms with Crippen LogP contribution in [0.2, 0.25) is 5.02 Å². The quantitative estimate of drug-likeness (QED) is 0.734. The first kappa shape index (κ1) is 11.1. The van der Waals surface area contributed by atoms with E-state index in [9.17, 15) is 0 Å². The maximum absolute atomic E-state index is 6.19. The van der Waals surface area contributed by atoms with Crippen molar-refractivity contribution in [1.29, 1.82) is 0 Å². The minimum atomic E-state index is 0.158. The lowest BCUT2D eigenvalue weighted by Crippen LogP contribution is -2.38. The summed E-state index contributed by atoms with van der Waals surface area (Å²) in [5, 5.41) is 5.63. The van der Waals surface area contributed by atoms with Crippen molar-refractivity contribution in [3.05, 3.63) is 34.0 Å². The van der Waals surface area contributed by atoms with Gasteiger partial charge in [-0.1, -0.05) is 31.5 Å². The van der Waals surface area contributed by atoms with E-state index in [-0.39, 0.29) is 5.41 Å². The lowest BCUT2D eigenvalue weighted by atomic mass is 9.84. The zero-order valence-electron chi connectivity index (χ0n) is 10.4. The Kier molecular flexibility index (Phi) is 2.29. The Labute approximate surface area is 106 Å². The number of aryl methyl sites for hydroxylation is 1. The molecule has 2 heterocycles. The molecule has 0 atom stereocenters. The van der Waals surface area contributed by atoms with Crippen LogP contribution in [-0.2, 0) is 12.0 Å². The van der Waals surface area contributed by atoms with Gasteiger partial charge in [-0.15, -0.1) is 0 Å². The Bertz CT molecular complexity index is 596. The second-order valence-corrected chi connectivity index (χ2v) is 5.97. The molecule has 0 fully saturated rings. The summed E-state index contributed by atoms with van der Waals surface area (Å²) in [5.41, 5.74) is 5.26. The fraction of sp³-hybridized carbons (Fsp3) is 0.429. The highest BCUT2D eigenvalue weighted by Crippen LogP contribution is 2.36. The third-order valence-electron chi connectivity index (χ3n) is 3.82. The van der Waals surface area contributed by atoms with Crippen LogP contribution in [0.15, 0.2) is 12.1 Å². The smallest absolute Gasteiger partial charge is 0.0504 e. The second kappa shape index (κ2) is 3.50. The van der Waals surface area contributed by atoms with E-state index in [1.807, 2.05) is 6.07 Å². The molecule has 17 heavy (non-hydrogen) atoms. The van der Waals surface area contributed by atoms with E-state index in [1.54, 1.807) is 0 Å². The molecule has 0 amide bonds. The van der Waals surface area contributed by atoms with Crippen molar-refractivity contribution in [2.75, 3.05) is 6.54 Å². The average molecular weight is 249 g/mol. The van der Waals surface area contributed by atoms with Gasteiger partial charge in [0, 0.05) is 34.6 Å². The topological polar surface area (TPSA) is 27.8 Å². The Balaban J connectivity index is 2.37. The van der Waals surface area contributed by atoms with Crippen LogP contribution in [0.5, 0.6) is 0 Å². The zero-order valence-corrected chi connectivity index (χ0v) is 11.2. The lowest BCUT2D eigenvalue weighted by molar-refractivity contribution is 0.427. The predicted molar refractivity (Wildman–Crippen MR) is 72.8 cm³/mol. The molecule has 2 N–H and O–H groups in total. The van der Waals surface area contributed by atoms with Crippen LogP contribution in [-0.4, -0.2) is 11.5 Å². The van der Waals surface area contributed by atoms with E-state index in [0.717, 1.165) is 23.7 Å². The summed E-state index contributed by atoms with van der Waals surface area (Å²) in [6.45, 7) is 8.57. The van der Waals surface area contributed by atoms with E-state index >= 15 is 0 Å². The highest BCUT2D eigenvalue weighted by molar-refractivity contribution is 6.32. The van der Waals surface area contributed by atoms with Gasteiger partial charge in [0.15, 0.2) is 0 Å². The van der Waals surface area contributed by atoms with Gasteiger partial charge in [-0.25, -0.2) is 0 Å². The van der Waals surface area contributed by atoms with E-state index in [1.165, 1.54) is 22.2 Å². The minimum Gasteiger partial charge on any atom is -0.357 e. The molecule has 0 radical (unpaired) electrons. The van der Waals surface area contributed by atoms with Crippen LogP contribution >= 0.6 is 11.6 Å². The average Bonchev–Trinajstić information content (AvgIpc) is 2.64. The van der Waals surface area contributed by atoms with Gasteiger partial charge in [-0.3, -0.25) is 0 Å². The first-order chi connectivity index (χ1) is 8.00. The maximum atomic E-state index is 6.19. The Morgan fingerprint density at radius 3 is 2.82 bits per heavy atom. The van der Waals surface area contributed by atoms with E-state index < -0.39 is 0 Å². The van der Waals surface area contributed by atoms with Crippen molar-refractivity contribution < 1.29 is 0 Å². The molecule has 2 nitrogen and oxygen atoms in total. The van der Waals surface area contributed by atoms with Gasteiger partial charge in [0.25, 0.3) is 0 Å². The van der Waals surface area contributed by atoms with E-state index in [2.05, 4.69) is 37.1 Å². The third-order valence-corrected chi connectivity index (χ3v) is 4.23. The highest BCUT2D eigenvalue weighted by Gasteiger charge is 2.30. The molecule has 0 saturated carbocycles. The largest absolute Gasteiger partial charge is 0.357 e. The van der Waals surface area contributed by atoms with Crippen molar-refractivity contribution >= 4 is 22.5 Å². The molecule has 3 heteroatoms. The number of benzene rings is 1. The molecule has 0 bridgehead atoms. The SMILES string of the molecule is Cc1c(Cl)ccc2c3c([nH]c12)C(C)(C)CNC3. The van der Waals surface area contributed by atoms with Crippen LogP contribution in [0.4, 0.5) is 0 Å². The Hall–Kier alpha value is -0.990. The van der Waals surface area contributed by atoms with Gasteiger partial charge in [0.05, 0.1) is 5.52 Å². The highest BCUT2D eigenvalue weighted by atomic mass is 35.5. The van der Waals surface area contributed by atoms with Gasteiger partial charge >= 0.3 is 0 Å². The number of rotatable bonds is 0. The van der Waals surface area contributed by atoms with Crippen molar-refractivity contribution in [3.8, 4) is 0 Å². The zero-order chi connectivity index (χ0) is 12.2. The molecule has 0 aliphatic carbocycles. The monoisotopic (exact) mass is 248 g/mol. The van der Waals surface area contributed by atoms with Gasteiger partial charge in [-0.2, -0.15) is 0 Å². The fourth-order valence-electron chi connectivity index (χ4n) is 2.78. The number of H-pyrrole nitrogens is 1. The molecule has 1 aliphatic rings. The number of halogens is 1. The predicted octanol–water partition coefficient (Wildman–Crippen LogP) is 3.51. The van der Waals surface area contributed by atoms with Crippen molar-refractivity contribution in [3.63, 3.8) is 0 Å². The molecule has 0 spiro atoms. The Morgan fingerprint density at radius 1 is 1.29 bits per heavy atom. The normalized spacial score (nSPS) is 18.4. The van der Waals surface area contributed by atoms with E-state index in [4.69, 9.17) is 11.6 Å². The number of hydrogen-bond donors (Lipinski definition) is 2. The number of hydrogen-bond acceptors (Lipinski definition) is 1. The standard InChI is InChI=1S/C14H17ClN2/c1-8-11(15)5-4-9-10-6-16-7-14(2,3)13(10)17-12(8)9/h4-5,16-17H,6-7H2,1-3H3. The lowest BCUT2D eigenvalue weighted by Gasteiger charge is -2.30. The van der Waals surface area contributed by atoms with Crippen LogP contribution in [0.3, 0.4) is 0 Å². The molecule has 90 valence electrons. The molecule has 0 unspecified atom stereocenters. The summed E-state index contributed by atoms with van der Waals surface area (Å²) in [5.74, 6) is 0. The number of fused-ring (bicyclic) bond motifs is 3. The molecule has 0 saturated heterocycles. The molecule has 1 aromatic carbocycles. The maximum Gasteiger partial charge on any atom is 0.0504 e. The van der Waals surface area contributed by atoms with Crippen LogP contribution < -0.4 is 5.32 Å². The first-order valence-electron chi connectivity index (χ1n) is 6.01. The summed E-state index contributed by atoms with van der Waals surface area (Å²) >= 11 is 6.19. The summed E-state index contributed by atoms with van der Waals surface area (Å²) in [6.07, 6.45) is 0. The molecular weight excluding hydrogens is 232 g/mol. The number of nitrogens with one attached hydrogen (secondary N) is 2. The summed E-state index contributed by atoms with van der Waals surface area (Å²) in [4.78, 5) is 3.59. The molecular formula is C14H17ClN2. The minimum absolute atomic E-state index is 0.158. The third kappa shape index (κ3) is 1.51. The fourth-order valence-corrected chi connectivity index (χ4v) is 2.94. The summed E-state index contributed by atoms with van der Waals surface area (Å²) < 4.78 is 0. The molecule has 3 rings (SSSR count). The van der Waals surface area contributed by atoms with Crippen molar-refractivity contribution in [2.24, 2.45) is 0 Å².